The molecule has 1 amide bonds. The van der Waals surface area contributed by atoms with E-state index < -0.39 is 5.91 Å². The number of aromatic hydroxyl groups is 2. The molecule has 8 heteroatoms. The number of anilines is 1. The van der Waals surface area contributed by atoms with Crippen LogP contribution in [-0.2, 0) is 11.3 Å². The fraction of sp³-hybridized carbons (Fsp3) is 0.286. The van der Waals surface area contributed by atoms with E-state index in [1.165, 1.54) is 64.2 Å². The average Bonchev–Trinajstić information content (AvgIpc) is 2.67. The Balaban J connectivity index is 2.65. The Labute approximate surface area is 168 Å². The van der Waals surface area contributed by atoms with Crippen molar-refractivity contribution in [1.82, 2.24) is 0 Å². The van der Waals surface area contributed by atoms with Gasteiger partial charge in [0, 0.05) is 23.6 Å². The number of carbonyl (C=O) groups excluding carboxylic acids is 3. The van der Waals surface area contributed by atoms with E-state index in [0.29, 0.717) is 0 Å². The highest BCUT2D eigenvalue weighted by Gasteiger charge is 2.23. The molecule has 0 saturated carbocycles. The minimum Gasteiger partial charge on any atom is -0.504 e. The highest BCUT2D eigenvalue weighted by atomic mass is 16.5. The third-order valence-electron chi connectivity index (χ3n) is 4.46. The van der Waals surface area contributed by atoms with Gasteiger partial charge in [0.2, 0.25) is 5.91 Å². The van der Waals surface area contributed by atoms with Crippen molar-refractivity contribution in [3.8, 4) is 23.0 Å². The van der Waals surface area contributed by atoms with Crippen LogP contribution < -0.4 is 14.4 Å². The van der Waals surface area contributed by atoms with Crippen LogP contribution in [0.5, 0.6) is 23.0 Å². The SMILES string of the molecule is COc1cc(C(C)=O)cc(CN(C(C)=O)c2cc(C(C)=O)cc(OC)c2O)c1O. The lowest BCUT2D eigenvalue weighted by molar-refractivity contribution is -0.116. The second-order valence-electron chi connectivity index (χ2n) is 6.45. The molecule has 0 aliphatic rings. The summed E-state index contributed by atoms with van der Waals surface area (Å²) in [6, 6.07) is 5.58. The lowest BCUT2D eigenvalue weighted by Crippen LogP contribution is -2.28. The predicted octanol–water partition coefficient (Wildman–Crippen LogP) is 3.07. The van der Waals surface area contributed by atoms with Gasteiger partial charge in [0.15, 0.2) is 34.6 Å². The molecule has 0 heterocycles. The number of amides is 1. The van der Waals surface area contributed by atoms with Crippen molar-refractivity contribution in [3.05, 3.63) is 41.0 Å². The molecule has 0 saturated heterocycles. The van der Waals surface area contributed by atoms with Crippen LogP contribution in [-0.4, -0.2) is 41.9 Å². The minimum atomic E-state index is -0.463. The first-order valence-corrected chi connectivity index (χ1v) is 8.71. The minimum absolute atomic E-state index is 0.0261. The topological polar surface area (TPSA) is 113 Å². The number of rotatable bonds is 7. The molecule has 0 aliphatic carbocycles. The number of ketones is 2. The van der Waals surface area contributed by atoms with Gasteiger partial charge in [0.05, 0.1) is 26.5 Å². The van der Waals surface area contributed by atoms with Gasteiger partial charge in [0.25, 0.3) is 0 Å². The van der Waals surface area contributed by atoms with E-state index in [9.17, 15) is 24.6 Å². The van der Waals surface area contributed by atoms with E-state index >= 15 is 0 Å². The Hall–Kier alpha value is -3.55. The van der Waals surface area contributed by atoms with Crippen LogP contribution in [0.15, 0.2) is 24.3 Å². The number of Topliss-reactive ketones (excluding diaryl/α,β-unsaturated/α-hetero) is 2. The van der Waals surface area contributed by atoms with E-state index in [0.717, 1.165) is 0 Å². The summed E-state index contributed by atoms with van der Waals surface area (Å²) in [5.74, 6) is -1.46. The number of hydrogen-bond acceptors (Lipinski definition) is 7. The summed E-state index contributed by atoms with van der Waals surface area (Å²) < 4.78 is 10.2. The van der Waals surface area contributed by atoms with E-state index in [4.69, 9.17) is 9.47 Å². The molecule has 0 spiro atoms. The summed E-state index contributed by atoms with van der Waals surface area (Å²) in [6.45, 7) is 3.80. The Kier molecular flexibility index (Phi) is 6.48. The highest BCUT2D eigenvalue weighted by molar-refractivity contribution is 6.00. The number of nitrogens with zero attached hydrogens (tertiary/aromatic N) is 1. The first-order chi connectivity index (χ1) is 13.6. The molecule has 0 radical (unpaired) electrons. The van der Waals surface area contributed by atoms with E-state index in [-0.39, 0.29) is 63.5 Å². The van der Waals surface area contributed by atoms with Gasteiger partial charge in [-0.25, -0.2) is 0 Å². The Bertz CT molecular complexity index is 981. The number of phenolic OH excluding ortho intramolecular Hbond substituents is 2. The fourth-order valence-corrected chi connectivity index (χ4v) is 2.84. The van der Waals surface area contributed by atoms with Gasteiger partial charge >= 0.3 is 0 Å². The van der Waals surface area contributed by atoms with Crippen LogP contribution >= 0.6 is 0 Å². The number of methoxy groups -OCH3 is 2. The molecule has 0 aromatic heterocycles. The maximum Gasteiger partial charge on any atom is 0.224 e. The zero-order valence-corrected chi connectivity index (χ0v) is 16.9. The maximum atomic E-state index is 12.4. The molecular weight excluding hydrogens is 378 g/mol. The van der Waals surface area contributed by atoms with Gasteiger partial charge in [0.1, 0.15) is 0 Å². The number of carbonyl (C=O) groups is 3. The molecule has 2 N–H and O–H groups in total. The van der Waals surface area contributed by atoms with Crippen LogP contribution in [0.2, 0.25) is 0 Å². The van der Waals surface area contributed by atoms with Crippen molar-refractivity contribution in [2.45, 2.75) is 27.3 Å². The third-order valence-corrected chi connectivity index (χ3v) is 4.46. The van der Waals surface area contributed by atoms with Gasteiger partial charge in [-0.1, -0.05) is 0 Å². The van der Waals surface area contributed by atoms with Crippen LogP contribution in [0.3, 0.4) is 0 Å². The quantitative estimate of drug-likeness (QED) is 0.686. The Morgan fingerprint density at radius 1 is 0.828 bits per heavy atom. The largest absolute Gasteiger partial charge is 0.504 e. The zero-order chi connectivity index (χ0) is 21.9. The van der Waals surface area contributed by atoms with E-state index in [2.05, 4.69) is 0 Å². The van der Waals surface area contributed by atoms with Gasteiger partial charge in [-0.05, 0) is 38.1 Å². The first-order valence-electron chi connectivity index (χ1n) is 8.71. The molecule has 29 heavy (non-hydrogen) atoms. The van der Waals surface area contributed by atoms with Crippen LogP contribution in [0, 0.1) is 0 Å². The van der Waals surface area contributed by atoms with Crippen molar-refractivity contribution in [3.63, 3.8) is 0 Å². The maximum absolute atomic E-state index is 12.4. The van der Waals surface area contributed by atoms with E-state index in [1.807, 2.05) is 0 Å². The molecule has 2 aromatic carbocycles. The van der Waals surface area contributed by atoms with Crippen LogP contribution in [0.4, 0.5) is 5.69 Å². The Morgan fingerprint density at radius 3 is 1.76 bits per heavy atom. The summed E-state index contributed by atoms with van der Waals surface area (Å²) in [5.41, 5.74) is 0.794. The van der Waals surface area contributed by atoms with Gasteiger partial charge < -0.3 is 24.6 Å². The Morgan fingerprint density at radius 2 is 1.31 bits per heavy atom. The number of benzene rings is 2. The second kappa shape index (κ2) is 8.64. The number of phenols is 2. The normalized spacial score (nSPS) is 10.4. The molecule has 0 atom stereocenters. The number of ether oxygens (including phenoxy) is 2. The molecule has 2 rings (SSSR count). The van der Waals surface area contributed by atoms with Crippen LogP contribution in [0.25, 0.3) is 0 Å². The molecule has 0 aliphatic heterocycles. The third kappa shape index (κ3) is 4.48. The molecular formula is C21H23NO7. The van der Waals surface area contributed by atoms with Gasteiger partial charge in [-0.3, -0.25) is 14.4 Å². The fourth-order valence-electron chi connectivity index (χ4n) is 2.84. The summed E-state index contributed by atoms with van der Waals surface area (Å²) >= 11 is 0. The van der Waals surface area contributed by atoms with Gasteiger partial charge in [-0.2, -0.15) is 0 Å². The first kappa shape index (κ1) is 21.7. The lowest BCUT2D eigenvalue weighted by atomic mass is 10.0. The smallest absolute Gasteiger partial charge is 0.224 e. The molecule has 8 nitrogen and oxygen atoms in total. The van der Waals surface area contributed by atoms with Crippen molar-refractivity contribution < 1.29 is 34.1 Å². The predicted molar refractivity (Wildman–Crippen MR) is 106 cm³/mol. The summed E-state index contributed by atoms with van der Waals surface area (Å²) in [5, 5.41) is 21.0. The molecule has 0 fully saturated rings. The number of hydrogen-bond donors (Lipinski definition) is 2. The summed E-state index contributed by atoms with van der Waals surface area (Å²) in [7, 11) is 2.67. The van der Waals surface area contributed by atoms with E-state index in [1.54, 1.807) is 0 Å². The zero-order valence-electron chi connectivity index (χ0n) is 16.9. The van der Waals surface area contributed by atoms with Crippen molar-refractivity contribution >= 4 is 23.2 Å². The summed E-state index contributed by atoms with van der Waals surface area (Å²) in [6.07, 6.45) is 0. The summed E-state index contributed by atoms with van der Waals surface area (Å²) in [4.78, 5) is 37.2. The lowest BCUT2D eigenvalue weighted by Gasteiger charge is -2.24. The monoisotopic (exact) mass is 401 g/mol. The molecule has 0 bridgehead atoms. The van der Waals surface area contributed by atoms with Crippen molar-refractivity contribution in [2.24, 2.45) is 0 Å². The molecule has 154 valence electrons. The van der Waals surface area contributed by atoms with Gasteiger partial charge in [-0.15, -0.1) is 0 Å². The molecule has 0 unspecified atom stereocenters. The van der Waals surface area contributed by atoms with Crippen molar-refractivity contribution in [2.75, 3.05) is 19.1 Å². The van der Waals surface area contributed by atoms with Crippen molar-refractivity contribution in [1.29, 1.82) is 0 Å². The standard InChI is InChI=1S/C21H23NO7/c1-11(23)14-6-16(20(26)18(8-14)28-4)10-22(13(3)25)17-7-15(12(2)24)9-19(29-5)21(17)27/h6-9,26-27H,10H2,1-5H3. The average molecular weight is 401 g/mol. The molecule has 2 aromatic rings. The van der Waals surface area contributed by atoms with Crippen LogP contribution in [0.1, 0.15) is 47.1 Å². The highest BCUT2D eigenvalue weighted by Crippen LogP contribution is 2.40. The second-order valence-corrected chi connectivity index (χ2v) is 6.45.